The second-order valence-corrected chi connectivity index (χ2v) is 6.51. The molecule has 2 aliphatic heterocycles. The van der Waals surface area contributed by atoms with E-state index >= 15 is 0 Å². The molecule has 0 saturated carbocycles. The minimum absolute atomic E-state index is 0.0442. The number of H-pyrrole nitrogens is 1. The predicted molar refractivity (Wildman–Crippen MR) is 97.1 cm³/mol. The molecule has 2 aliphatic rings. The van der Waals surface area contributed by atoms with Crippen LogP contribution < -0.4 is 4.90 Å². The van der Waals surface area contributed by atoms with Crippen molar-refractivity contribution in [2.24, 2.45) is 4.99 Å². The number of halogens is 2. The highest BCUT2D eigenvalue weighted by Gasteiger charge is 2.31. The lowest BCUT2D eigenvalue weighted by molar-refractivity contribution is 0.0835. The van der Waals surface area contributed by atoms with Crippen molar-refractivity contribution in [3.8, 4) is 0 Å². The van der Waals surface area contributed by atoms with E-state index in [0.29, 0.717) is 24.5 Å². The molecule has 1 saturated heterocycles. The Balaban J connectivity index is 1.48. The lowest BCUT2D eigenvalue weighted by atomic mass is 10.1. The molecule has 0 radical (unpaired) electrons. The van der Waals surface area contributed by atoms with Crippen molar-refractivity contribution in [2.45, 2.75) is 18.9 Å². The molecule has 26 heavy (non-hydrogen) atoms. The van der Waals surface area contributed by atoms with Gasteiger partial charge in [0.1, 0.15) is 11.9 Å². The van der Waals surface area contributed by atoms with Crippen LogP contribution in [0.3, 0.4) is 0 Å². The summed E-state index contributed by atoms with van der Waals surface area (Å²) in [6.45, 7) is 1.16. The molecule has 4 rings (SSSR count). The van der Waals surface area contributed by atoms with Gasteiger partial charge in [-0.05, 0) is 35.8 Å². The molecule has 0 bridgehead atoms. The molecule has 134 valence electrons. The van der Waals surface area contributed by atoms with Gasteiger partial charge in [0.2, 0.25) is 5.95 Å². The highest BCUT2D eigenvalue weighted by Crippen LogP contribution is 2.31. The van der Waals surface area contributed by atoms with Crippen LogP contribution in [0.2, 0.25) is 5.02 Å². The lowest BCUT2D eigenvalue weighted by Gasteiger charge is -2.30. The maximum Gasteiger partial charge on any atom is 0.417 e. The highest BCUT2D eigenvalue weighted by atomic mass is 35.5. The zero-order valence-electron chi connectivity index (χ0n) is 13.8. The number of carbonyl (C=O) groups is 1. The third-order valence-corrected chi connectivity index (χ3v) is 4.76. The summed E-state index contributed by atoms with van der Waals surface area (Å²) in [6.07, 6.45) is 5.73. The molecule has 1 fully saturated rings. The minimum atomic E-state index is -0.525. The van der Waals surface area contributed by atoms with Gasteiger partial charge in [-0.2, -0.15) is 0 Å². The van der Waals surface area contributed by atoms with Crippen molar-refractivity contribution in [3.05, 3.63) is 52.6 Å². The number of carbonyl (C=O) groups excluding carboxylic acids is 1. The van der Waals surface area contributed by atoms with E-state index in [1.165, 1.54) is 17.0 Å². The molecule has 1 atom stereocenters. The molecular weight excluding hydrogens is 359 g/mol. The largest absolute Gasteiger partial charge is 0.441 e. The van der Waals surface area contributed by atoms with Crippen LogP contribution in [0.5, 0.6) is 0 Å². The average Bonchev–Trinajstić information content (AvgIpc) is 3.14. The maximum atomic E-state index is 13.6. The number of anilines is 1. The first-order valence-electron chi connectivity index (χ1n) is 8.29. The number of benzene rings is 1. The first-order valence-corrected chi connectivity index (χ1v) is 8.67. The van der Waals surface area contributed by atoms with Gasteiger partial charge >= 0.3 is 6.09 Å². The third kappa shape index (κ3) is 3.22. The van der Waals surface area contributed by atoms with E-state index in [-0.39, 0.29) is 5.02 Å². The number of hydrogen-bond donors (Lipinski definition) is 1. The maximum absolute atomic E-state index is 13.6. The van der Waals surface area contributed by atoms with Gasteiger partial charge in [-0.15, -0.1) is 0 Å². The Bertz CT molecular complexity index is 908. The predicted octanol–water partition coefficient (Wildman–Crippen LogP) is 4.15. The van der Waals surface area contributed by atoms with Crippen molar-refractivity contribution < 1.29 is 13.9 Å². The minimum Gasteiger partial charge on any atom is -0.441 e. The van der Waals surface area contributed by atoms with Crippen LogP contribution in [0.15, 0.2) is 35.5 Å². The topological polar surface area (TPSA) is 70.6 Å². The van der Waals surface area contributed by atoms with Gasteiger partial charge in [-0.25, -0.2) is 19.1 Å². The standard InChI is InChI=1S/C18H16ClFN4O2/c19-13-2-1-12(9-14(13)20)16-5-8-24(18(25)26-16)17-22-10-15(23-17)11-3-6-21-7-4-11/h1-3,6,9-10,16H,4-5,7-8H2,(H,22,23). The average molecular weight is 375 g/mol. The number of cyclic esters (lactones) is 1. The highest BCUT2D eigenvalue weighted by molar-refractivity contribution is 6.30. The lowest BCUT2D eigenvalue weighted by Crippen LogP contribution is -2.39. The van der Waals surface area contributed by atoms with Crippen LogP contribution in [0.1, 0.15) is 30.2 Å². The van der Waals surface area contributed by atoms with E-state index in [1.54, 1.807) is 18.5 Å². The molecule has 0 aliphatic carbocycles. The van der Waals surface area contributed by atoms with Gasteiger partial charge in [-0.1, -0.05) is 17.7 Å². The van der Waals surface area contributed by atoms with Crippen molar-refractivity contribution in [2.75, 3.05) is 18.0 Å². The van der Waals surface area contributed by atoms with Crippen LogP contribution in [-0.4, -0.2) is 35.4 Å². The summed E-state index contributed by atoms with van der Waals surface area (Å²) >= 11 is 5.70. The Morgan fingerprint density at radius 1 is 1.38 bits per heavy atom. The SMILES string of the molecule is O=C1OC(c2ccc(Cl)c(F)c2)CCN1c1ncc(C2=CC=NCC2)[nH]1. The monoisotopic (exact) mass is 374 g/mol. The van der Waals surface area contributed by atoms with Crippen LogP contribution in [0.4, 0.5) is 15.1 Å². The number of hydrogen-bond acceptors (Lipinski definition) is 4. The summed E-state index contributed by atoms with van der Waals surface area (Å²) in [5.41, 5.74) is 2.55. The molecule has 1 amide bonds. The van der Waals surface area contributed by atoms with Crippen LogP contribution in [-0.2, 0) is 4.74 Å². The number of nitrogens with one attached hydrogen (secondary N) is 1. The number of amides is 1. The first-order chi connectivity index (χ1) is 12.6. The smallest absolute Gasteiger partial charge is 0.417 e. The van der Waals surface area contributed by atoms with Gasteiger partial charge in [0, 0.05) is 25.7 Å². The molecule has 1 unspecified atom stereocenters. The van der Waals surface area contributed by atoms with Crippen molar-refractivity contribution in [1.82, 2.24) is 9.97 Å². The number of imidazole rings is 1. The van der Waals surface area contributed by atoms with Crippen LogP contribution in [0, 0.1) is 5.82 Å². The van der Waals surface area contributed by atoms with Crippen molar-refractivity contribution in [3.63, 3.8) is 0 Å². The summed E-state index contributed by atoms with van der Waals surface area (Å²) in [6, 6.07) is 4.44. The number of ether oxygens (including phenoxy) is 1. The fourth-order valence-electron chi connectivity index (χ4n) is 3.04. The zero-order valence-corrected chi connectivity index (χ0v) is 14.5. The molecule has 8 heteroatoms. The Morgan fingerprint density at radius 3 is 3.00 bits per heavy atom. The number of aromatic amines is 1. The summed E-state index contributed by atoms with van der Waals surface area (Å²) in [4.78, 5) is 25.5. The molecule has 3 heterocycles. The number of aliphatic imine (C=N–C) groups is 1. The molecule has 1 aromatic heterocycles. The van der Waals surface area contributed by atoms with Crippen LogP contribution in [0.25, 0.3) is 5.57 Å². The van der Waals surface area contributed by atoms with E-state index in [0.717, 1.165) is 24.2 Å². The fourth-order valence-corrected chi connectivity index (χ4v) is 3.16. The normalized spacial score (nSPS) is 20.1. The molecule has 1 N–H and O–H groups in total. The van der Waals surface area contributed by atoms with E-state index in [1.807, 2.05) is 6.08 Å². The van der Waals surface area contributed by atoms with Crippen LogP contribution >= 0.6 is 11.6 Å². The number of nitrogens with zero attached hydrogens (tertiary/aromatic N) is 3. The van der Waals surface area contributed by atoms with Gasteiger partial charge in [0.05, 0.1) is 16.9 Å². The van der Waals surface area contributed by atoms with Gasteiger partial charge in [-0.3, -0.25) is 4.99 Å². The Hall–Kier alpha value is -2.67. The summed E-state index contributed by atoms with van der Waals surface area (Å²) in [5, 5.41) is 0.0442. The molecule has 0 spiro atoms. The van der Waals surface area contributed by atoms with Gasteiger partial charge < -0.3 is 9.72 Å². The van der Waals surface area contributed by atoms with Gasteiger partial charge in [0.15, 0.2) is 0 Å². The second-order valence-electron chi connectivity index (χ2n) is 6.10. The van der Waals surface area contributed by atoms with E-state index in [4.69, 9.17) is 16.3 Å². The molecular formula is C18H16ClFN4O2. The van der Waals surface area contributed by atoms with Crippen molar-refractivity contribution in [1.29, 1.82) is 0 Å². The summed E-state index contributed by atoms with van der Waals surface area (Å²) < 4.78 is 19.1. The number of allylic oxidation sites excluding steroid dienone is 1. The molecule has 1 aromatic carbocycles. The quantitative estimate of drug-likeness (QED) is 0.877. The van der Waals surface area contributed by atoms with E-state index in [9.17, 15) is 9.18 Å². The Morgan fingerprint density at radius 2 is 2.27 bits per heavy atom. The summed E-state index contributed by atoms with van der Waals surface area (Å²) in [5.74, 6) is -0.0863. The summed E-state index contributed by atoms with van der Waals surface area (Å²) in [7, 11) is 0. The number of dihydropyridines is 1. The molecule has 6 nitrogen and oxygen atoms in total. The first kappa shape index (κ1) is 16.8. The van der Waals surface area contributed by atoms with Crippen molar-refractivity contribution >= 4 is 35.4 Å². The zero-order chi connectivity index (χ0) is 18.1. The van der Waals surface area contributed by atoms with E-state index in [2.05, 4.69) is 15.0 Å². The third-order valence-electron chi connectivity index (χ3n) is 4.45. The van der Waals surface area contributed by atoms with Gasteiger partial charge in [0.25, 0.3) is 0 Å². The Kier molecular flexibility index (Phi) is 4.46. The number of aromatic nitrogens is 2. The Labute approximate surface area is 154 Å². The fraction of sp³-hybridized carbons (Fsp3) is 0.278. The molecule has 2 aromatic rings. The van der Waals surface area contributed by atoms with E-state index < -0.39 is 18.0 Å². The second kappa shape index (κ2) is 6.92. The number of rotatable bonds is 3.